The van der Waals surface area contributed by atoms with E-state index in [1.807, 2.05) is 0 Å². The van der Waals surface area contributed by atoms with Gasteiger partial charge in [-0.3, -0.25) is 4.90 Å². The Morgan fingerprint density at radius 1 is 1.32 bits per heavy atom. The van der Waals surface area contributed by atoms with E-state index >= 15 is 0 Å². The van der Waals surface area contributed by atoms with Gasteiger partial charge in [0.05, 0.1) is 12.1 Å². The van der Waals surface area contributed by atoms with Crippen LogP contribution in [0.1, 0.15) is 31.9 Å². The third-order valence-electron chi connectivity index (χ3n) is 3.77. The maximum atomic E-state index is 9.67. The quantitative estimate of drug-likeness (QED) is 0.849. The SMILES string of the molecule is CC(C)NC(C)(CO)CN1CCc2ccccc2C1. The predicted octanol–water partition coefficient (Wildman–Crippen LogP) is 1.79. The van der Waals surface area contributed by atoms with Crippen molar-refractivity contribution >= 4 is 0 Å². The second-order valence-electron chi connectivity index (χ2n) is 6.25. The van der Waals surface area contributed by atoms with E-state index in [0.29, 0.717) is 6.04 Å². The number of aliphatic hydroxyl groups excluding tert-OH is 1. The molecule has 0 saturated carbocycles. The molecule has 0 bridgehead atoms. The Kier molecular flexibility index (Phi) is 4.61. The van der Waals surface area contributed by atoms with Crippen molar-refractivity contribution in [1.82, 2.24) is 10.2 Å². The summed E-state index contributed by atoms with van der Waals surface area (Å²) in [6.07, 6.45) is 1.11. The zero-order valence-electron chi connectivity index (χ0n) is 12.3. The van der Waals surface area contributed by atoms with E-state index in [4.69, 9.17) is 0 Å². The molecule has 0 radical (unpaired) electrons. The molecule has 19 heavy (non-hydrogen) atoms. The van der Waals surface area contributed by atoms with Crippen LogP contribution in [0, 0.1) is 0 Å². The van der Waals surface area contributed by atoms with Crippen molar-refractivity contribution in [2.75, 3.05) is 19.7 Å². The minimum absolute atomic E-state index is 0.170. The first-order valence-corrected chi connectivity index (χ1v) is 7.20. The van der Waals surface area contributed by atoms with Gasteiger partial charge in [-0.05, 0) is 24.5 Å². The number of aliphatic hydroxyl groups is 1. The van der Waals surface area contributed by atoms with Crippen molar-refractivity contribution in [2.24, 2.45) is 0 Å². The summed E-state index contributed by atoms with van der Waals surface area (Å²) in [4.78, 5) is 2.44. The van der Waals surface area contributed by atoms with Crippen LogP contribution < -0.4 is 5.32 Å². The molecule has 1 aromatic rings. The van der Waals surface area contributed by atoms with Crippen LogP contribution in [0.4, 0.5) is 0 Å². The topological polar surface area (TPSA) is 35.5 Å². The summed E-state index contributed by atoms with van der Waals surface area (Å²) >= 11 is 0. The largest absolute Gasteiger partial charge is 0.394 e. The molecule has 0 amide bonds. The van der Waals surface area contributed by atoms with Gasteiger partial charge in [0.25, 0.3) is 0 Å². The van der Waals surface area contributed by atoms with Crippen LogP contribution >= 0.6 is 0 Å². The molecule has 1 atom stereocenters. The smallest absolute Gasteiger partial charge is 0.0623 e. The van der Waals surface area contributed by atoms with E-state index in [-0.39, 0.29) is 12.1 Å². The zero-order valence-corrected chi connectivity index (χ0v) is 12.3. The van der Waals surface area contributed by atoms with Gasteiger partial charge < -0.3 is 10.4 Å². The Morgan fingerprint density at radius 3 is 2.63 bits per heavy atom. The second-order valence-corrected chi connectivity index (χ2v) is 6.25. The molecule has 0 fully saturated rings. The molecule has 0 spiro atoms. The molecular formula is C16H26N2O. The Morgan fingerprint density at radius 2 is 2.00 bits per heavy atom. The fraction of sp³-hybridized carbons (Fsp3) is 0.625. The van der Waals surface area contributed by atoms with Crippen molar-refractivity contribution < 1.29 is 5.11 Å². The van der Waals surface area contributed by atoms with E-state index in [1.165, 1.54) is 11.1 Å². The lowest BCUT2D eigenvalue weighted by Gasteiger charge is -2.38. The van der Waals surface area contributed by atoms with Gasteiger partial charge in [-0.2, -0.15) is 0 Å². The molecule has 1 aliphatic rings. The summed E-state index contributed by atoms with van der Waals surface area (Å²) < 4.78 is 0. The van der Waals surface area contributed by atoms with E-state index in [0.717, 1.165) is 26.1 Å². The molecule has 1 unspecified atom stereocenters. The fourth-order valence-corrected chi connectivity index (χ4v) is 3.02. The number of benzene rings is 1. The molecule has 3 heteroatoms. The molecule has 0 saturated heterocycles. The van der Waals surface area contributed by atoms with Crippen LogP contribution in [-0.2, 0) is 13.0 Å². The van der Waals surface area contributed by atoms with E-state index in [9.17, 15) is 5.11 Å². The van der Waals surface area contributed by atoms with Crippen LogP contribution in [0.2, 0.25) is 0 Å². The highest BCUT2D eigenvalue weighted by molar-refractivity contribution is 5.29. The Bertz CT molecular complexity index is 419. The van der Waals surface area contributed by atoms with Crippen molar-refractivity contribution in [2.45, 2.75) is 45.3 Å². The molecule has 3 nitrogen and oxygen atoms in total. The van der Waals surface area contributed by atoms with Gasteiger partial charge in [-0.1, -0.05) is 38.1 Å². The number of nitrogens with zero attached hydrogens (tertiary/aromatic N) is 1. The third-order valence-corrected chi connectivity index (χ3v) is 3.77. The first-order chi connectivity index (χ1) is 9.02. The average molecular weight is 262 g/mol. The molecule has 0 aromatic heterocycles. The molecule has 1 heterocycles. The first kappa shape index (κ1) is 14.5. The lowest BCUT2D eigenvalue weighted by molar-refractivity contribution is 0.106. The minimum atomic E-state index is -0.222. The van der Waals surface area contributed by atoms with Crippen LogP contribution in [-0.4, -0.2) is 41.3 Å². The molecule has 106 valence electrons. The number of hydrogen-bond donors (Lipinski definition) is 2. The average Bonchev–Trinajstić information content (AvgIpc) is 2.37. The van der Waals surface area contributed by atoms with E-state index in [2.05, 4.69) is 55.3 Å². The highest BCUT2D eigenvalue weighted by Crippen LogP contribution is 2.20. The number of fused-ring (bicyclic) bond motifs is 1. The minimum Gasteiger partial charge on any atom is -0.394 e. The van der Waals surface area contributed by atoms with Crippen LogP contribution in [0.5, 0.6) is 0 Å². The van der Waals surface area contributed by atoms with Crippen molar-refractivity contribution in [3.8, 4) is 0 Å². The Labute approximate surface area is 116 Å². The first-order valence-electron chi connectivity index (χ1n) is 7.20. The highest BCUT2D eigenvalue weighted by Gasteiger charge is 2.28. The van der Waals surface area contributed by atoms with Gasteiger partial charge in [0.1, 0.15) is 0 Å². The van der Waals surface area contributed by atoms with E-state index < -0.39 is 0 Å². The predicted molar refractivity (Wildman–Crippen MR) is 79.2 cm³/mol. The molecular weight excluding hydrogens is 236 g/mol. The van der Waals surface area contributed by atoms with Crippen molar-refractivity contribution in [3.05, 3.63) is 35.4 Å². The Balaban J connectivity index is 2.01. The van der Waals surface area contributed by atoms with Gasteiger partial charge in [-0.25, -0.2) is 0 Å². The van der Waals surface area contributed by atoms with Gasteiger partial charge >= 0.3 is 0 Å². The van der Waals surface area contributed by atoms with Gasteiger partial charge in [0, 0.05) is 25.7 Å². The van der Waals surface area contributed by atoms with Gasteiger partial charge in [-0.15, -0.1) is 0 Å². The van der Waals surface area contributed by atoms with Gasteiger partial charge in [0.15, 0.2) is 0 Å². The fourth-order valence-electron chi connectivity index (χ4n) is 3.02. The summed E-state index contributed by atoms with van der Waals surface area (Å²) in [6, 6.07) is 9.05. The maximum absolute atomic E-state index is 9.67. The maximum Gasteiger partial charge on any atom is 0.0623 e. The van der Waals surface area contributed by atoms with Gasteiger partial charge in [0.2, 0.25) is 0 Å². The lowest BCUT2D eigenvalue weighted by atomic mass is 9.96. The zero-order chi connectivity index (χ0) is 13.9. The Hall–Kier alpha value is -0.900. The highest BCUT2D eigenvalue weighted by atomic mass is 16.3. The molecule has 1 aliphatic heterocycles. The molecule has 1 aromatic carbocycles. The summed E-state index contributed by atoms with van der Waals surface area (Å²) in [5.74, 6) is 0. The lowest BCUT2D eigenvalue weighted by Crippen LogP contribution is -2.56. The number of rotatable bonds is 5. The second kappa shape index (κ2) is 6.04. The molecule has 2 N–H and O–H groups in total. The normalized spacial score (nSPS) is 19.2. The number of hydrogen-bond acceptors (Lipinski definition) is 3. The van der Waals surface area contributed by atoms with Crippen LogP contribution in [0.3, 0.4) is 0 Å². The summed E-state index contributed by atoms with van der Waals surface area (Å²) in [6.45, 7) is 9.48. The summed E-state index contributed by atoms with van der Waals surface area (Å²) in [5, 5.41) is 13.2. The van der Waals surface area contributed by atoms with Crippen LogP contribution in [0.15, 0.2) is 24.3 Å². The monoisotopic (exact) mass is 262 g/mol. The van der Waals surface area contributed by atoms with Crippen molar-refractivity contribution in [3.63, 3.8) is 0 Å². The standard InChI is InChI=1S/C16H26N2O/c1-13(2)17-16(3,12-19)11-18-9-8-14-6-4-5-7-15(14)10-18/h4-7,13,17,19H,8-12H2,1-3H3. The van der Waals surface area contributed by atoms with Crippen LogP contribution in [0.25, 0.3) is 0 Å². The summed E-state index contributed by atoms with van der Waals surface area (Å²) in [5.41, 5.74) is 2.68. The third kappa shape index (κ3) is 3.78. The molecule has 0 aliphatic carbocycles. The number of nitrogens with one attached hydrogen (secondary N) is 1. The van der Waals surface area contributed by atoms with E-state index in [1.54, 1.807) is 0 Å². The molecule has 2 rings (SSSR count). The summed E-state index contributed by atoms with van der Waals surface area (Å²) in [7, 11) is 0. The van der Waals surface area contributed by atoms with Crippen molar-refractivity contribution in [1.29, 1.82) is 0 Å².